The number of carbonyl (C=O) groups excluding carboxylic acids is 2. The lowest BCUT2D eigenvalue weighted by Gasteiger charge is -2.42. The highest BCUT2D eigenvalue weighted by Gasteiger charge is 2.36. The standard InChI is InChI=1S/C19H20ClFN4O5S2/c1-19(2,3)30-16(26)10-25-15(17(27)23-11-4-5-13(21)12(20)8-11)9-14(24-32(25,28)29)18-22-6-7-31-18/h4-9,28-29H,10H2,1-3H3,(H,23,27). The van der Waals surface area contributed by atoms with E-state index in [0.29, 0.717) is 5.01 Å². The molecule has 172 valence electrons. The van der Waals surface area contributed by atoms with Gasteiger partial charge < -0.3 is 10.1 Å². The number of nitrogens with one attached hydrogen (secondary N) is 1. The maximum Gasteiger partial charge on any atom is 0.328 e. The zero-order valence-electron chi connectivity index (χ0n) is 17.2. The molecule has 1 amide bonds. The van der Waals surface area contributed by atoms with Crippen LogP contribution in [0.1, 0.15) is 25.8 Å². The summed E-state index contributed by atoms with van der Waals surface area (Å²) >= 11 is 6.94. The van der Waals surface area contributed by atoms with Crippen LogP contribution in [-0.4, -0.2) is 48.1 Å². The highest BCUT2D eigenvalue weighted by Crippen LogP contribution is 2.50. The molecule has 0 atom stereocenters. The zero-order chi connectivity index (χ0) is 23.7. The van der Waals surface area contributed by atoms with Crippen molar-refractivity contribution in [2.75, 3.05) is 11.9 Å². The predicted molar refractivity (Wildman–Crippen MR) is 122 cm³/mol. The molecule has 1 aromatic heterocycles. The van der Waals surface area contributed by atoms with Gasteiger partial charge >= 0.3 is 5.97 Å². The third-order valence-electron chi connectivity index (χ3n) is 3.81. The first kappa shape index (κ1) is 24.1. The van der Waals surface area contributed by atoms with Crippen molar-refractivity contribution in [3.8, 4) is 0 Å². The Hall–Kier alpha value is -2.51. The lowest BCUT2D eigenvalue weighted by atomic mass is 10.2. The number of benzene rings is 1. The molecule has 2 heterocycles. The summed E-state index contributed by atoms with van der Waals surface area (Å²) in [5.41, 5.74) is -0.879. The summed E-state index contributed by atoms with van der Waals surface area (Å²) in [5, 5.41) is 4.30. The van der Waals surface area contributed by atoms with Gasteiger partial charge in [-0.15, -0.1) is 15.7 Å². The Balaban J connectivity index is 1.96. The molecule has 0 fully saturated rings. The van der Waals surface area contributed by atoms with Gasteiger partial charge in [0, 0.05) is 17.3 Å². The highest BCUT2D eigenvalue weighted by atomic mass is 35.5. The molecule has 0 saturated heterocycles. The fourth-order valence-electron chi connectivity index (χ4n) is 2.60. The first-order chi connectivity index (χ1) is 14.9. The molecule has 0 saturated carbocycles. The van der Waals surface area contributed by atoms with Crippen LogP contribution in [0.3, 0.4) is 0 Å². The minimum atomic E-state index is -3.98. The molecule has 9 nitrogen and oxygen atoms in total. The summed E-state index contributed by atoms with van der Waals surface area (Å²) < 4.78 is 44.7. The van der Waals surface area contributed by atoms with Gasteiger partial charge in [0.05, 0.1) is 5.02 Å². The van der Waals surface area contributed by atoms with Crippen LogP contribution in [0.2, 0.25) is 5.02 Å². The lowest BCUT2D eigenvalue weighted by molar-refractivity contribution is -0.154. The van der Waals surface area contributed by atoms with Crippen molar-refractivity contribution < 1.29 is 27.8 Å². The number of aromatic nitrogens is 1. The molecule has 13 heteroatoms. The van der Waals surface area contributed by atoms with E-state index < -0.39 is 40.8 Å². The SMILES string of the molecule is CC(C)(C)OC(=O)CN1C(C(=O)Nc2ccc(F)c(Cl)c2)=CC(c2nccs2)=NS1(O)O. The number of hydrogen-bond donors (Lipinski definition) is 3. The molecule has 0 radical (unpaired) electrons. The van der Waals surface area contributed by atoms with Crippen LogP contribution in [0, 0.1) is 5.82 Å². The summed E-state index contributed by atoms with van der Waals surface area (Å²) in [7, 11) is -3.98. The Kier molecular flexibility index (Phi) is 6.91. The Bertz CT molecular complexity index is 1100. The first-order valence-electron chi connectivity index (χ1n) is 9.11. The topological polar surface area (TPSA) is 124 Å². The number of nitrogens with zero attached hydrogens (tertiary/aromatic N) is 3. The molecule has 0 aliphatic carbocycles. The summed E-state index contributed by atoms with van der Waals surface area (Å²) in [6, 6.07) is 3.56. The molecule has 3 N–H and O–H groups in total. The maximum absolute atomic E-state index is 13.4. The van der Waals surface area contributed by atoms with Crippen LogP contribution >= 0.6 is 33.9 Å². The number of halogens is 2. The quantitative estimate of drug-likeness (QED) is 0.514. The molecule has 1 aromatic carbocycles. The van der Waals surface area contributed by atoms with Crippen molar-refractivity contribution in [2.45, 2.75) is 26.4 Å². The molecular formula is C19H20ClFN4O5S2. The Labute approximate surface area is 194 Å². The lowest BCUT2D eigenvalue weighted by Crippen LogP contribution is -2.41. The molecule has 0 bridgehead atoms. The first-order valence-corrected chi connectivity index (χ1v) is 11.8. The second kappa shape index (κ2) is 9.16. The van der Waals surface area contributed by atoms with Gasteiger partial charge in [-0.2, -0.15) is 0 Å². The molecule has 0 unspecified atom stereocenters. The van der Waals surface area contributed by atoms with Crippen molar-refractivity contribution >= 4 is 57.2 Å². The number of amides is 1. The average molecular weight is 503 g/mol. The monoisotopic (exact) mass is 502 g/mol. The van der Waals surface area contributed by atoms with E-state index in [2.05, 4.69) is 14.7 Å². The van der Waals surface area contributed by atoms with E-state index >= 15 is 0 Å². The van der Waals surface area contributed by atoms with Gasteiger partial charge in [0.15, 0.2) is 0 Å². The van der Waals surface area contributed by atoms with Crippen molar-refractivity contribution in [1.82, 2.24) is 9.29 Å². The number of allylic oxidation sites excluding steroid dienone is 1. The Morgan fingerprint density at radius 2 is 2.06 bits per heavy atom. The smallest absolute Gasteiger partial charge is 0.328 e. The van der Waals surface area contributed by atoms with E-state index in [-0.39, 0.29) is 22.1 Å². The minimum absolute atomic E-state index is 0.0581. The van der Waals surface area contributed by atoms with Gasteiger partial charge in [0.2, 0.25) is 0 Å². The van der Waals surface area contributed by atoms with Crippen molar-refractivity contribution in [2.24, 2.45) is 4.40 Å². The number of carbonyl (C=O) groups is 2. The van der Waals surface area contributed by atoms with Gasteiger partial charge in [-0.1, -0.05) is 11.6 Å². The molecular weight excluding hydrogens is 483 g/mol. The van der Waals surface area contributed by atoms with Crippen LogP contribution in [0.15, 0.2) is 45.9 Å². The van der Waals surface area contributed by atoms with E-state index in [4.69, 9.17) is 16.3 Å². The number of rotatable bonds is 5. The van der Waals surface area contributed by atoms with Gasteiger partial charge in [0.25, 0.3) is 5.91 Å². The van der Waals surface area contributed by atoms with Crippen molar-refractivity contribution in [3.63, 3.8) is 0 Å². The molecule has 0 spiro atoms. The van der Waals surface area contributed by atoms with Gasteiger partial charge in [-0.25, -0.2) is 13.7 Å². The number of esters is 1. The molecule has 1 aliphatic heterocycles. The van der Waals surface area contributed by atoms with Crippen LogP contribution in [0.25, 0.3) is 0 Å². The third kappa shape index (κ3) is 5.84. The van der Waals surface area contributed by atoms with Gasteiger partial charge in [-0.05, 0) is 56.0 Å². The van der Waals surface area contributed by atoms with Crippen LogP contribution in [0.4, 0.5) is 10.1 Å². The van der Waals surface area contributed by atoms with Crippen LogP contribution in [-0.2, 0) is 14.3 Å². The summed E-state index contributed by atoms with van der Waals surface area (Å²) in [6.45, 7) is 4.30. The molecule has 32 heavy (non-hydrogen) atoms. The zero-order valence-corrected chi connectivity index (χ0v) is 19.6. The normalized spacial score (nSPS) is 16.7. The number of hydrogen-bond acceptors (Lipinski definition) is 9. The van der Waals surface area contributed by atoms with Gasteiger partial charge in [-0.3, -0.25) is 18.7 Å². The van der Waals surface area contributed by atoms with E-state index in [1.165, 1.54) is 35.7 Å². The highest BCUT2D eigenvalue weighted by molar-refractivity contribution is 8.21. The minimum Gasteiger partial charge on any atom is -0.459 e. The van der Waals surface area contributed by atoms with Crippen LogP contribution in [0.5, 0.6) is 0 Å². The fourth-order valence-corrected chi connectivity index (χ4v) is 4.62. The van der Waals surface area contributed by atoms with E-state index in [1.54, 1.807) is 26.2 Å². The fraction of sp³-hybridized carbons (Fsp3) is 0.263. The van der Waals surface area contributed by atoms with Crippen molar-refractivity contribution in [1.29, 1.82) is 0 Å². The Morgan fingerprint density at radius 1 is 1.34 bits per heavy atom. The van der Waals surface area contributed by atoms with E-state index in [0.717, 1.165) is 10.4 Å². The van der Waals surface area contributed by atoms with Crippen molar-refractivity contribution in [3.05, 3.63) is 57.4 Å². The predicted octanol–water partition coefficient (Wildman–Crippen LogP) is 4.49. The van der Waals surface area contributed by atoms with Crippen LogP contribution < -0.4 is 5.32 Å². The molecule has 3 rings (SSSR count). The second-order valence-electron chi connectivity index (χ2n) is 7.54. The molecule has 2 aromatic rings. The van der Waals surface area contributed by atoms with E-state index in [9.17, 15) is 23.1 Å². The third-order valence-corrected chi connectivity index (χ3v) is 6.26. The summed E-state index contributed by atoms with van der Waals surface area (Å²) in [5.74, 6) is -2.27. The summed E-state index contributed by atoms with van der Waals surface area (Å²) in [6.07, 6.45) is 2.77. The maximum atomic E-state index is 13.4. The Morgan fingerprint density at radius 3 is 2.66 bits per heavy atom. The van der Waals surface area contributed by atoms with Gasteiger partial charge in [0.1, 0.15) is 34.4 Å². The number of thiazole rings is 1. The summed E-state index contributed by atoms with van der Waals surface area (Å²) in [4.78, 5) is 29.5. The number of ether oxygens (including phenoxy) is 1. The largest absolute Gasteiger partial charge is 0.459 e. The van der Waals surface area contributed by atoms with E-state index in [1.807, 2.05) is 0 Å². The molecule has 1 aliphatic rings. The second-order valence-corrected chi connectivity index (χ2v) is 10.4. The number of anilines is 1. The average Bonchev–Trinajstić information content (AvgIpc) is 3.19.